The molecule has 36 heavy (non-hydrogen) atoms. The fourth-order valence-electron chi connectivity index (χ4n) is 3.86. The smallest absolute Gasteiger partial charge is 0.387 e. The maximum atomic E-state index is 13.2. The van der Waals surface area contributed by atoms with Crippen molar-refractivity contribution in [3.05, 3.63) is 60.8 Å². The van der Waals surface area contributed by atoms with E-state index in [-0.39, 0.29) is 28.7 Å². The molecule has 1 aromatic carbocycles. The molecule has 0 amide bonds. The van der Waals surface area contributed by atoms with Crippen molar-refractivity contribution in [3.63, 3.8) is 0 Å². The molecule has 0 fully saturated rings. The number of alkyl halides is 2. The fourth-order valence-corrected chi connectivity index (χ4v) is 5.05. The third kappa shape index (κ3) is 4.27. The molecule has 0 saturated heterocycles. The molecule has 0 aliphatic rings. The quantitative estimate of drug-likeness (QED) is 0.309. The molecule has 0 aliphatic carbocycles. The van der Waals surface area contributed by atoms with Gasteiger partial charge in [-0.15, -0.1) is 0 Å². The summed E-state index contributed by atoms with van der Waals surface area (Å²) >= 11 is 0. The first-order chi connectivity index (χ1) is 17.3. The number of sulfone groups is 1. The third-order valence-electron chi connectivity index (χ3n) is 5.60. The van der Waals surface area contributed by atoms with Crippen molar-refractivity contribution in [3.8, 4) is 22.7 Å². The van der Waals surface area contributed by atoms with E-state index in [2.05, 4.69) is 20.2 Å². The molecule has 13 heteroatoms. The number of methoxy groups -OCH3 is 1. The summed E-state index contributed by atoms with van der Waals surface area (Å²) in [6.45, 7) is -1.40. The Labute approximate surface area is 204 Å². The van der Waals surface area contributed by atoms with Gasteiger partial charge < -0.3 is 9.47 Å². The molecule has 0 unspecified atom stereocenters. The summed E-state index contributed by atoms with van der Waals surface area (Å²) in [5.74, 6) is -0.497. The minimum absolute atomic E-state index is 0.0144. The molecule has 186 valence electrons. The lowest BCUT2D eigenvalue weighted by Gasteiger charge is -2.14. The van der Waals surface area contributed by atoms with Gasteiger partial charge in [-0.1, -0.05) is 0 Å². The number of hydrogen-bond acceptors (Lipinski definition) is 8. The Morgan fingerprint density at radius 1 is 1.14 bits per heavy atom. The first kappa shape index (κ1) is 23.8. The van der Waals surface area contributed by atoms with Crippen LogP contribution in [0.5, 0.6) is 5.75 Å². The van der Waals surface area contributed by atoms with Crippen molar-refractivity contribution in [1.82, 2.24) is 29.4 Å². The van der Waals surface area contributed by atoms with Crippen molar-refractivity contribution < 1.29 is 26.7 Å². The molecule has 0 atom stereocenters. The number of ether oxygens (including phenoxy) is 2. The molecule has 0 aliphatic heterocycles. The van der Waals surface area contributed by atoms with Crippen LogP contribution in [-0.2, 0) is 14.6 Å². The highest BCUT2D eigenvalue weighted by molar-refractivity contribution is 7.91. The number of rotatable bonds is 8. The lowest BCUT2D eigenvalue weighted by molar-refractivity contribution is -0.0499. The van der Waals surface area contributed by atoms with Gasteiger partial charge in [0.2, 0.25) is 0 Å². The molecular weight excluding hydrogens is 494 g/mol. The summed E-state index contributed by atoms with van der Waals surface area (Å²) in [4.78, 5) is 8.80. The van der Waals surface area contributed by atoms with Crippen LogP contribution >= 0.6 is 0 Å². The van der Waals surface area contributed by atoms with Gasteiger partial charge in [0.15, 0.2) is 21.2 Å². The minimum atomic E-state index is -3.75. The number of hydrogen-bond donors (Lipinski definition) is 0. The van der Waals surface area contributed by atoms with E-state index >= 15 is 0 Å². The van der Waals surface area contributed by atoms with E-state index in [1.807, 2.05) is 0 Å². The summed E-state index contributed by atoms with van der Waals surface area (Å²) in [6.07, 6.45) is 6.63. The molecule has 0 saturated carbocycles. The zero-order valence-corrected chi connectivity index (χ0v) is 20.0. The predicted octanol–water partition coefficient (Wildman–Crippen LogP) is 3.46. The number of aryl methyl sites for hydroxylation is 1. The van der Waals surface area contributed by atoms with Crippen LogP contribution in [0.15, 0.2) is 60.0 Å². The van der Waals surface area contributed by atoms with Crippen molar-refractivity contribution in [2.24, 2.45) is 0 Å². The third-order valence-corrected chi connectivity index (χ3v) is 7.27. The Balaban J connectivity index is 1.71. The van der Waals surface area contributed by atoms with E-state index in [1.165, 1.54) is 30.0 Å². The van der Waals surface area contributed by atoms with Gasteiger partial charge in [-0.05, 0) is 37.3 Å². The molecule has 0 radical (unpaired) electrons. The van der Waals surface area contributed by atoms with Gasteiger partial charge in [-0.2, -0.15) is 19.0 Å². The second-order valence-electron chi connectivity index (χ2n) is 7.85. The summed E-state index contributed by atoms with van der Waals surface area (Å²) in [6, 6.07) is 7.16. The molecule has 0 spiro atoms. The topological polar surface area (TPSA) is 114 Å². The summed E-state index contributed by atoms with van der Waals surface area (Å²) < 4.78 is 64.6. The van der Waals surface area contributed by atoms with Gasteiger partial charge >= 0.3 is 6.61 Å². The minimum Gasteiger partial charge on any atom is -0.433 e. The van der Waals surface area contributed by atoms with Crippen LogP contribution in [0, 0.1) is 6.92 Å². The number of halogens is 2. The van der Waals surface area contributed by atoms with E-state index in [4.69, 9.17) is 9.47 Å². The van der Waals surface area contributed by atoms with E-state index in [0.717, 1.165) is 0 Å². The van der Waals surface area contributed by atoms with Crippen LogP contribution < -0.4 is 4.74 Å². The van der Waals surface area contributed by atoms with Gasteiger partial charge in [0.25, 0.3) is 0 Å². The average molecular weight is 515 g/mol. The van der Waals surface area contributed by atoms with Gasteiger partial charge in [-0.3, -0.25) is 4.98 Å². The van der Waals surface area contributed by atoms with Gasteiger partial charge in [0.05, 0.1) is 45.9 Å². The first-order valence-electron chi connectivity index (χ1n) is 10.7. The van der Waals surface area contributed by atoms with Crippen molar-refractivity contribution >= 4 is 26.4 Å². The molecular formula is C23H20F2N6O4S. The number of aromatic nitrogens is 6. The number of benzene rings is 1. The molecule has 10 nitrogen and oxygen atoms in total. The van der Waals surface area contributed by atoms with Crippen LogP contribution in [0.4, 0.5) is 8.78 Å². The Kier molecular flexibility index (Phi) is 6.10. The highest BCUT2D eigenvalue weighted by Crippen LogP contribution is 2.33. The first-order valence-corrected chi connectivity index (χ1v) is 12.4. The van der Waals surface area contributed by atoms with Crippen LogP contribution in [0.2, 0.25) is 0 Å². The van der Waals surface area contributed by atoms with Gasteiger partial charge in [0.1, 0.15) is 5.69 Å². The van der Waals surface area contributed by atoms with E-state index in [0.29, 0.717) is 33.5 Å². The normalized spacial score (nSPS) is 12.1. The molecule has 4 aromatic heterocycles. The Morgan fingerprint density at radius 2 is 1.97 bits per heavy atom. The van der Waals surface area contributed by atoms with Gasteiger partial charge in [0, 0.05) is 31.1 Å². The van der Waals surface area contributed by atoms with Crippen LogP contribution in [0.25, 0.3) is 33.5 Å². The molecule has 4 heterocycles. The monoisotopic (exact) mass is 514 g/mol. The van der Waals surface area contributed by atoms with Crippen molar-refractivity contribution in [2.75, 3.05) is 19.5 Å². The van der Waals surface area contributed by atoms with E-state index < -0.39 is 16.4 Å². The van der Waals surface area contributed by atoms with Crippen LogP contribution in [-0.4, -0.2) is 63.9 Å². The Bertz CT molecular complexity index is 1680. The van der Waals surface area contributed by atoms with E-state index in [9.17, 15) is 17.2 Å². The largest absolute Gasteiger partial charge is 0.433 e. The second kappa shape index (κ2) is 9.24. The predicted molar refractivity (Wildman–Crippen MR) is 126 cm³/mol. The molecule has 5 aromatic rings. The number of fused-ring (bicyclic) bond motifs is 2. The standard InChI is InChI=1S/C23H20F2N6O4S/c1-14-16-12-27-18(17-13-28-30-7-3-6-26-22(17)30)11-19(16)31(29-14)20-10-15(36(32,33)9-8-34-2)4-5-21(20)35-23(24)25/h3-7,10-13,23H,8-9H2,1-2H3. The van der Waals surface area contributed by atoms with Crippen molar-refractivity contribution in [1.29, 1.82) is 0 Å². The van der Waals surface area contributed by atoms with Crippen molar-refractivity contribution in [2.45, 2.75) is 18.4 Å². The fraction of sp³-hybridized carbons (Fsp3) is 0.217. The number of nitrogens with zero attached hydrogens (tertiary/aromatic N) is 6. The SMILES string of the molecule is COCCS(=O)(=O)c1ccc(OC(F)F)c(-n2nc(C)c3cnc(-c4cnn5cccnc45)cc32)c1. The average Bonchev–Trinajstić information content (AvgIpc) is 3.43. The second-order valence-corrected chi connectivity index (χ2v) is 9.96. The Hall–Kier alpha value is -3.97. The number of pyridine rings is 1. The zero-order chi connectivity index (χ0) is 25.4. The van der Waals surface area contributed by atoms with E-state index in [1.54, 1.807) is 48.4 Å². The summed E-state index contributed by atoms with van der Waals surface area (Å²) in [5, 5.41) is 9.43. The van der Waals surface area contributed by atoms with Gasteiger partial charge in [-0.25, -0.2) is 22.6 Å². The molecule has 5 rings (SSSR count). The lowest BCUT2D eigenvalue weighted by Crippen LogP contribution is -2.13. The molecule has 0 bridgehead atoms. The van der Waals surface area contributed by atoms with Crippen LogP contribution in [0.1, 0.15) is 5.69 Å². The highest BCUT2D eigenvalue weighted by atomic mass is 32.2. The molecule has 0 N–H and O–H groups in total. The van der Waals surface area contributed by atoms with Crippen LogP contribution in [0.3, 0.4) is 0 Å². The summed E-state index contributed by atoms with van der Waals surface area (Å²) in [7, 11) is -2.36. The maximum absolute atomic E-state index is 13.2. The Morgan fingerprint density at radius 3 is 2.75 bits per heavy atom. The lowest BCUT2D eigenvalue weighted by atomic mass is 10.1. The zero-order valence-electron chi connectivity index (χ0n) is 19.2. The summed E-state index contributed by atoms with van der Waals surface area (Å²) in [5.41, 5.74) is 2.89. The maximum Gasteiger partial charge on any atom is 0.387 e. The highest BCUT2D eigenvalue weighted by Gasteiger charge is 2.22.